The SMILES string of the molecule is O=C(CN1C(=O)C(=c2sc3nc(-c4ccc(Br)cc4)nn3c2=O)c2ccccc21)Nc1cccc(Cl)c1. The molecular weight excluding hydrogens is 578 g/mol. The number of halogens is 2. The van der Waals surface area contributed by atoms with E-state index < -0.39 is 17.4 Å². The Bertz CT molecular complexity index is 1830. The summed E-state index contributed by atoms with van der Waals surface area (Å²) in [5.74, 6) is -0.405. The molecule has 1 aliphatic rings. The molecule has 0 radical (unpaired) electrons. The molecule has 0 saturated heterocycles. The first-order chi connectivity index (χ1) is 17.9. The number of nitrogens with one attached hydrogen (secondary N) is 1. The van der Waals surface area contributed by atoms with Gasteiger partial charge in [-0.2, -0.15) is 9.50 Å². The molecule has 11 heteroatoms. The Morgan fingerprint density at radius 2 is 1.81 bits per heavy atom. The highest BCUT2D eigenvalue weighted by Gasteiger charge is 2.35. The van der Waals surface area contributed by atoms with Crippen molar-refractivity contribution in [1.82, 2.24) is 14.6 Å². The van der Waals surface area contributed by atoms with Crippen molar-refractivity contribution in [3.63, 3.8) is 0 Å². The summed E-state index contributed by atoms with van der Waals surface area (Å²) in [7, 11) is 0. The van der Waals surface area contributed by atoms with E-state index in [-0.39, 0.29) is 16.7 Å². The van der Waals surface area contributed by atoms with Gasteiger partial charge >= 0.3 is 0 Å². The highest BCUT2D eigenvalue weighted by atomic mass is 79.9. The molecule has 2 amide bonds. The lowest BCUT2D eigenvalue weighted by atomic mass is 10.1. The summed E-state index contributed by atoms with van der Waals surface area (Å²) in [6, 6.07) is 21.3. The maximum atomic E-state index is 13.6. The molecule has 8 nitrogen and oxygen atoms in total. The van der Waals surface area contributed by atoms with Crippen molar-refractivity contribution in [3.05, 3.63) is 103 Å². The van der Waals surface area contributed by atoms with Crippen molar-refractivity contribution < 1.29 is 9.59 Å². The molecule has 6 rings (SSSR count). The van der Waals surface area contributed by atoms with Gasteiger partial charge < -0.3 is 5.32 Å². The van der Waals surface area contributed by atoms with E-state index in [0.717, 1.165) is 21.4 Å². The lowest BCUT2D eigenvalue weighted by Crippen LogP contribution is -2.37. The maximum Gasteiger partial charge on any atom is 0.291 e. The number of para-hydroxylation sites is 1. The molecule has 2 aromatic heterocycles. The first kappa shape index (κ1) is 23.5. The second-order valence-electron chi connectivity index (χ2n) is 8.21. The van der Waals surface area contributed by atoms with Crippen molar-refractivity contribution in [2.24, 2.45) is 0 Å². The molecule has 0 aliphatic carbocycles. The number of rotatable bonds is 4. The van der Waals surface area contributed by atoms with Crippen molar-refractivity contribution in [2.45, 2.75) is 0 Å². The van der Waals surface area contributed by atoms with Crippen molar-refractivity contribution in [1.29, 1.82) is 0 Å². The third kappa shape index (κ3) is 4.22. The molecular formula is C26H15BrClN5O3S. The highest BCUT2D eigenvalue weighted by Crippen LogP contribution is 2.35. The molecule has 37 heavy (non-hydrogen) atoms. The minimum absolute atomic E-state index is 0.228. The zero-order chi connectivity index (χ0) is 25.7. The number of nitrogens with zero attached hydrogens (tertiary/aromatic N) is 4. The number of fused-ring (bicyclic) bond motifs is 2. The Morgan fingerprint density at radius 1 is 1.03 bits per heavy atom. The quantitative estimate of drug-likeness (QED) is 0.339. The standard InChI is InChI=1S/C26H15BrClN5O3S/c27-15-10-8-14(9-11-15)23-30-26-33(31-23)25(36)22(37-26)21-18-6-1-2-7-19(18)32(24(21)35)13-20(34)29-17-5-3-4-16(28)12-17/h1-12H,13H2,(H,29,34). The summed E-state index contributed by atoms with van der Waals surface area (Å²) in [6.07, 6.45) is 0. The Labute approximate surface area is 226 Å². The van der Waals surface area contributed by atoms with Crippen molar-refractivity contribution in [2.75, 3.05) is 16.8 Å². The summed E-state index contributed by atoms with van der Waals surface area (Å²) in [5.41, 5.74) is 2.23. The van der Waals surface area contributed by atoms with E-state index in [0.29, 0.717) is 32.7 Å². The normalized spacial score (nSPS) is 14.3. The second-order valence-corrected chi connectivity index (χ2v) is 10.5. The van der Waals surface area contributed by atoms with Gasteiger partial charge in [0.1, 0.15) is 11.1 Å². The molecule has 5 aromatic rings. The summed E-state index contributed by atoms with van der Waals surface area (Å²) < 4.78 is 2.37. The van der Waals surface area contributed by atoms with E-state index >= 15 is 0 Å². The van der Waals surface area contributed by atoms with E-state index in [1.165, 1.54) is 9.42 Å². The maximum absolute atomic E-state index is 13.6. The minimum atomic E-state index is -0.433. The molecule has 1 N–H and O–H groups in total. The third-order valence-corrected chi connectivity index (χ3v) is 7.61. The van der Waals surface area contributed by atoms with Crippen LogP contribution >= 0.6 is 38.9 Å². The molecule has 0 spiro atoms. The van der Waals surface area contributed by atoms with Gasteiger partial charge in [0.25, 0.3) is 11.5 Å². The smallest absolute Gasteiger partial charge is 0.291 e. The number of amides is 2. The fourth-order valence-corrected chi connectivity index (χ4v) is 5.63. The van der Waals surface area contributed by atoms with Crippen LogP contribution in [0.4, 0.5) is 11.4 Å². The number of thiazole rings is 1. The summed E-state index contributed by atoms with van der Waals surface area (Å²) in [6.45, 7) is -0.228. The Morgan fingerprint density at radius 3 is 2.57 bits per heavy atom. The molecule has 0 fully saturated rings. The number of hydrogen-bond acceptors (Lipinski definition) is 6. The number of aromatic nitrogens is 3. The van der Waals surface area contributed by atoms with Gasteiger partial charge in [0.15, 0.2) is 5.82 Å². The average molecular weight is 593 g/mol. The monoisotopic (exact) mass is 591 g/mol. The molecule has 182 valence electrons. The van der Waals surface area contributed by atoms with Gasteiger partial charge in [-0.1, -0.05) is 75.3 Å². The summed E-state index contributed by atoms with van der Waals surface area (Å²) >= 11 is 10.5. The van der Waals surface area contributed by atoms with Gasteiger partial charge in [0.2, 0.25) is 10.9 Å². The Balaban J connectivity index is 1.38. The average Bonchev–Trinajstić information content (AvgIpc) is 3.51. The molecule has 0 bridgehead atoms. The van der Waals surface area contributed by atoms with Crippen molar-refractivity contribution >= 4 is 72.6 Å². The van der Waals surface area contributed by atoms with Crippen LogP contribution in [0.5, 0.6) is 0 Å². The van der Waals surface area contributed by atoms with Crippen LogP contribution in [0, 0.1) is 0 Å². The van der Waals surface area contributed by atoms with Crippen LogP contribution in [0.1, 0.15) is 5.56 Å². The highest BCUT2D eigenvalue weighted by molar-refractivity contribution is 9.10. The second kappa shape index (κ2) is 9.22. The number of carbonyl (C=O) groups excluding carboxylic acids is 2. The van der Waals surface area contributed by atoms with Crippen LogP contribution in [0.2, 0.25) is 5.02 Å². The molecule has 0 saturated carbocycles. The third-order valence-electron chi connectivity index (χ3n) is 5.82. The Kier molecular flexibility index (Phi) is 5.86. The van der Waals surface area contributed by atoms with Crippen LogP contribution < -0.4 is 20.3 Å². The van der Waals surface area contributed by atoms with Crippen LogP contribution in [0.3, 0.4) is 0 Å². The molecule has 3 aromatic carbocycles. The summed E-state index contributed by atoms with van der Waals surface area (Å²) in [4.78, 5) is 46.0. The van der Waals surface area contributed by atoms with E-state index in [2.05, 4.69) is 31.3 Å². The fourth-order valence-electron chi connectivity index (χ4n) is 4.17. The number of hydrogen-bond donors (Lipinski definition) is 1. The number of carbonyl (C=O) groups is 2. The zero-order valence-electron chi connectivity index (χ0n) is 18.8. The Hall–Kier alpha value is -3.86. The van der Waals surface area contributed by atoms with Crippen LogP contribution in [0.15, 0.2) is 82.1 Å². The zero-order valence-corrected chi connectivity index (χ0v) is 22.0. The fraction of sp³-hybridized carbons (Fsp3) is 0.0385. The molecule has 3 heterocycles. The lowest BCUT2D eigenvalue weighted by molar-refractivity contribution is -0.118. The van der Waals surface area contributed by atoms with Gasteiger partial charge in [0.05, 0.1) is 11.3 Å². The minimum Gasteiger partial charge on any atom is -0.324 e. The van der Waals surface area contributed by atoms with E-state index in [1.807, 2.05) is 24.3 Å². The van der Waals surface area contributed by atoms with Crippen LogP contribution in [-0.2, 0) is 9.59 Å². The largest absolute Gasteiger partial charge is 0.324 e. The van der Waals surface area contributed by atoms with E-state index in [1.54, 1.807) is 48.5 Å². The van der Waals surface area contributed by atoms with E-state index in [9.17, 15) is 14.4 Å². The van der Waals surface area contributed by atoms with E-state index in [4.69, 9.17) is 11.6 Å². The van der Waals surface area contributed by atoms with Gasteiger partial charge in [-0.15, -0.1) is 5.10 Å². The number of anilines is 2. The topological polar surface area (TPSA) is 96.7 Å². The molecule has 0 unspecified atom stereocenters. The predicted molar refractivity (Wildman–Crippen MR) is 147 cm³/mol. The van der Waals surface area contributed by atoms with Crippen LogP contribution in [0.25, 0.3) is 21.9 Å². The van der Waals surface area contributed by atoms with Gasteiger partial charge in [-0.05, 0) is 36.4 Å². The predicted octanol–water partition coefficient (Wildman–Crippen LogP) is 4.14. The number of benzene rings is 3. The molecule has 0 atom stereocenters. The first-order valence-electron chi connectivity index (χ1n) is 11.1. The lowest BCUT2D eigenvalue weighted by Gasteiger charge is -2.16. The van der Waals surface area contributed by atoms with Gasteiger partial charge in [0, 0.05) is 26.3 Å². The molecule has 1 aliphatic heterocycles. The van der Waals surface area contributed by atoms with Crippen LogP contribution in [-0.4, -0.2) is 33.0 Å². The van der Waals surface area contributed by atoms with Crippen molar-refractivity contribution in [3.8, 4) is 11.4 Å². The van der Waals surface area contributed by atoms with Gasteiger partial charge in [-0.25, -0.2) is 0 Å². The first-order valence-corrected chi connectivity index (χ1v) is 13.0. The summed E-state index contributed by atoms with van der Waals surface area (Å²) in [5, 5.41) is 7.62. The van der Waals surface area contributed by atoms with Gasteiger partial charge in [-0.3, -0.25) is 19.3 Å².